The Hall–Kier alpha value is 3.34. The van der Waals surface area contributed by atoms with E-state index < -0.39 is 7.82 Å². The van der Waals surface area contributed by atoms with Crippen LogP contribution in [-0.2, 0) is 9.09 Å². The van der Waals surface area contributed by atoms with E-state index in [1.807, 2.05) is 0 Å². The predicted octanol–water partition coefficient (Wildman–Crippen LogP) is -7.39. The van der Waals surface area contributed by atoms with Gasteiger partial charge in [0.25, 0.3) is 0 Å². The second kappa shape index (κ2) is 12.4. The summed E-state index contributed by atoms with van der Waals surface area (Å²) < 4.78 is 13.6. The van der Waals surface area contributed by atoms with Gasteiger partial charge in [0.05, 0.1) is 14.4 Å². The molecular formula is C4H9K2O5P. The van der Waals surface area contributed by atoms with Crippen LogP contribution in [0.3, 0.4) is 0 Å². The molecule has 0 aliphatic carbocycles. The van der Waals surface area contributed by atoms with Crippen LogP contribution in [0.5, 0.6) is 0 Å². The van der Waals surface area contributed by atoms with Crippen molar-refractivity contribution in [2.45, 2.75) is 12.8 Å². The average Bonchev–Trinajstić information content (AvgIpc) is 1.78. The number of unbranched alkanes of at least 4 members (excludes halogenated alkanes) is 1. The number of rotatable bonds is 5. The summed E-state index contributed by atoms with van der Waals surface area (Å²) in [6.07, 6.45) is 0.824. The molecule has 0 atom stereocenters. The Balaban J connectivity index is -0.000000405. The molecular weight excluding hydrogens is 237 g/mol. The topological polar surface area (TPSA) is 92.7 Å². The van der Waals surface area contributed by atoms with E-state index in [1.165, 1.54) is 0 Å². The molecule has 12 heavy (non-hydrogen) atoms. The standard InChI is InChI=1S/C4H11O5P.2K/c5-3-1-2-4-9-10(6,7)8;;/h5H,1-4H2,(H2,6,7,8);;/q;2*+1/p-2. The van der Waals surface area contributed by atoms with Gasteiger partial charge in [0.15, 0.2) is 0 Å². The van der Waals surface area contributed by atoms with E-state index in [0.717, 1.165) is 0 Å². The largest absolute Gasteiger partial charge is 1.00 e. The van der Waals surface area contributed by atoms with Gasteiger partial charge in [-0.05, 0) is 12.8 Å². The first kappa shape index (κ1) is 20.7. The molecule has 0 aromatic carbocycles. The molecule has 0 bridgehead atoms. The van der Waals surface area contributed by atoms with Crippen LogP contribution >= 0.6 is 7.82 Å². The van der Waals surface area contributed by atoms with Crippen molar-refractivity contribution < 1.29 is 127 Å². The zero-order chi connectivity index (χ0) is 8.04. The van der Waals surface area contributed by atoms with Gasteiger partial charge in [-0.3, -0.25) is 0 Å². The summed E-state index contributed by atoms with van der Waals surface area (Å²) in [5.74, 6) is 0. The molecule has 0 heterocycles. The van der Waals surface area contributed by atoms with Crippen molar-refractivity contribution in [1.29, 1.82) is 0 Å². The van der Waals surface area contributed by atoms with Gasteiger partial charge in [0.2, 0.25) is 0 Å². The molecule has 0 aromatic rings. The predicted molar refractivity (Wildman–Crippen MR) is 29.9 cm³/mol. The first-order chi connectivity index (χ1) is 4.56. The molecule has 0 fully saturated rings. The second-order valence-corrected chi connectivity index (χ2v) is 2.86. The third-order valence-electron chi connectivity index (χ3n) is 0.802. The zero-order valence-electron chi connectivity index (χ0n) is 7.36. The molecule has 0 amide bonds. The molecule has 0 radical (unpaired) electrons. The Bertz CT molecular complexity index is 127. The maximum Gasteiger partial charge on any atom is 1.00 e. The van der Waals surface area contributed by atoms with Crippen LogP contribution in [-0.4, -0.2) is 18.3 Å². The molecule has 0 saturated carbocycles. The van der Waals surface area contributed by atoms with Gasteiger partial charge in [-0.15, -0.1) is 0 Å². The van der Waals surface area contributed by atoms with E-state index in [4.69, 9.17) is 5.11 Å². The first-order valence-electron chi connectivity index (χ1n) is 2.84. The molecule has 62 valence electrons. The third-order valence-corrected chi connectivity index (χ3v) is 1.30. The molecule has 0 aromatic heterocycles. The van der Waals surface area contributed by atoms with Crippen LogP contribution in [0.15, 0.2) is 0 Å². The maximum absolute atomic E-state index is 9.78. The number of aliphatic hydroxyl groups is 1. The van der Waals surface area contributed by atoms with Crippen molar-refractivity contribution in [1.82, 2.24) is 0 Å². The molecule has 5 nitrogen and oxygen atoms in total. The number of phosphoric ester groups is 1. The van der Waals surface area contributed by atoms with Crippen molar-refractivity contribution in [3.63, 3.8) is 0 Å². The van der Waals surface area contributed by atoms with Gasteiger partial charge in [-0.2, -0.15) is 0 Å². The fourth-order valence-corrected chi connectivity index (χ4v) is 0.743. The summed E-state index contributed by atoms with van der Waals surface area (Å²) in [6.45, 7) is -0.157. The molecule has 0 rings (SSSR count). The normalized spacial score (nSPS) is 9.92. The molecule has 0 aliphatic heterocycles. The Morgan fingerprint density at radius 3 is 2.08 bits per heavy atom. The fraction of sp³-hybridized carbons (Fsp3) is 1.00. The van der Waals surface area contributed by atoms with E-state index in [1.54, 1.807) is 0 Å². The van der Waals surface area contributed by atoms with Gasteiger partial charge in [0.1, 0.15) is 0 Å². The number of phosphoric acid groups is 1. The van der Waals surface area contributed by atoms with Gasteiger partial charge < -0.3 is 24.0 Å². The van der Waals surface area contributed by atoms with Gasteiger partial charge in [-0.25, -0.2) is 0 Å². The SMILES string of the molecule is O=P([O-])([O-])OCCCCO.[K+].[K+]. The summed E-state index contributed by atoms with van der Waals surface area (Å²) in [5, 5.41) is 8.21. The number of hydrogen-bond donors (Lipinski definition) is 1. The van der Waals surface area contributed by atoms with Crippen molar-refractivity contribution in [2.75, 3.05) is 13.2 Å². The van der Waals surface area contributed by atoms with Crippen LogP contribution in [0.2, 0.25) is 0 Å². The number of hydrogen-bond acceptors (Lipinski definition) is 5. The summed E-state index contributed by atoms with van der Waals surface area (Å²) in [6, 6.07) is 0. The molecule has 0 unspecified atom stereocenters. The smallest absolute Gasteiger partial charge is 0.790 e. The Morgan fingerprint density at radius 2 is 1.75 bits per heavy atom. The minimum Gasteiger partial charge on any atom is -0.790 e. The van der Waals surface area contributed by atoms with E-state index in [9.17, 15) is 14.4 Å². The quantitative estimate of drug-likeness (QED) is 0.295. The zero-order valence-corrected chi connectivity index (χ0v) is 14.5. The minimum absolute atomic E-state index is 0. The van der Waals surface area contributed by atoms with Crippen LogP contribution < -0.4 is 113 Å². The van der Waals surface area contributed by atoms with E-state index >= 15 is 0 Å². The Kier molecular flexibility index (Phi) is 21.4. The Morgan fingerprint density at radius 1 is 1.25 bits per heavy atom. The van der Waals surface area contributed by atoms with E-state index in [0.29, 0.717) is 12.8 Å². The molecule has 0 saturated heterocycles. The maximum atomic E-state index is 9.78. The molecule has 8 heteroatoms. The van der Waals surface area contributed by atoms with Crippen LogP contribution in [0.25, 0.3) is 0 Å². The monoisotopic (exact) mass is 246 g/mol. The summed E-state index contributed by atoms with van der Waals surface area (Å²) in [5.41, 5.74) is 0. The molecule has 0 aliphatic rings. The molecule has 0 spiro atoms. The average molecular weight is 246 g/mol. The summed E-state index contributed by atoms with van der Waals surface area (Å²) in [7, 11) is -4.79. The third kappa shape index (κ3) is 19.0. The van der Waals surface area contributed by atoms with E-state index in [2.05, 4.69) is 4.52 Å². The van der Waals surface area contributed by atoms with Crippen molar-refractivity contribution >= 4 is 7.82 Å². The summed E-state index contributed by atoms with van der Waals surface area (Å²) >= 11 is 0. The van der Waals surface area contributed by atoms with Gasteiger partial charge in [0, 0.05) is 6.61 Å². The molecule has 1 N–H and O–H groups in total. The van der Waals surface area contributed by atoms with Crippen LogP contribution in [0.1, 0.15) is 12.8 Å². The van der Waals surface area contributed by atoms with Crippen molar-refractivity contribution in [2.24, 2.45) is 0 Å². The van der Waals surface area contributed by atoms with Gasteiger partial charge >= 0.3 is 103 Å². The number of aliphatic hydroxyl groups excluding tert-OH is 1. The first-order valence-corrected chi connectivity index (χ1v) is 4.30. The Labute approximate surface area is 157 Å². The second-order valence-electron chi connectivity index (χ2n) is 1.71. The van der Waals surface area contributed by atoms with Crippen LogP contribution in [0, 0.1) is 0 Å². The fourth-order valence-electron chi connectivity index (χ4n) is 0.390. The minimum atomic E-state index is -4.79. The van der Waals surface area contributed by atoms with Crippen molar-refractivity contribution in [3.8, 4) is 0 Å². The van der Waals surface area contributed by atoms with Crippen LogP contribution in [0.4, 0.5) is 0 Å². The van der Waals surface area contributed by atoms with Gasteiger partial charge in [-0.1, -0.05) is 0 Å². The van der Waals surface area contributed by atoms with Crippen molar-refractivity contribution in [3.05, 3.63) is 0 Å². The summed E-state index contributed by atoms with van der Waals surface area (Å²) in [4.78, 5) is 19.6. The van der Waals surface area contributed by atoms with E-state index in [-0.39, 0.29) is 116 Å².